The van der Waals surface area contributed by atoms with Crippen molar-refractivity contribution in [3.8, 4) is 5.75 Å². The van der Waals surface area contributed by atoms with Gasteiger partial charge in [-0.25, -0.2) is 4.79 Å². The summed E-state index contributed by atoms with van der Waals surface area (Å²) in [6.07, 6.45) is -1.00. The smallest absolute Gasteiger partial charge is 0.407 e. The molecule has 2 amide bonds. The number of nitrogens with zero attached hydrogens (tertiary/aromatic N) is 2. The van der Waals surface area contributed by atoms with Crippen LogP contribution in [0.4, 0.5) is 10.5 Å². The SMILES string of the molecule is COCCCN1C(=O)COc2ccc(CO[C@H]3CN(C(=O)O)CC[C@]3(O)c3ccc(COC[C@@H](C)COC)cc3)cc21. The van der Waals surface area contributed by atoms with Gasteiger partial charge in [0.05, 0.1) is 38.7 Å². The number of carboxylic acid groups (broad SMARTS) is 1. The van der Waals surface area contributed by atoms with Gasteiger partial charge in [-0.2, -0.15) is 0 Å². The van der Waals surface area contributed by atoms with Gasteiger partial charge in [-0.1, -0.05) is 37.3 Å². The second-order valence-corrected chi connectivity index (χ2v) is 11.0. The van der Waals surface area contributed by atoms with Gasteiger partial charge in [0.2, 0.25) is 0 Å². The van der Waals surface area contributed by atoms with Crippen LogP contribution in [-0.2, 0) is 42.6 Å². The number of carbonyl (C=O) groups excluding carboxylic acids is 1. The molecule has 0 unspecified atom stereocenters. The van der Waals surface area contributed by atoms with Crippen molar-refractivity contribution in [2.24, 2.45) is 5.92 Å². The summed E-state index contributed by atoms with van der Waals surface area (Å²) in [5.41, 5.74) is 1.66. The molecule has 1 fully saturated rings. The van der Waals surface area contributed by atoms with E-state index in [1.807, 2.05) is 36.4 Å². The molecule has 2 aromatic carbocycles. The minimum Gasteiger partial charge on any atom is -0.482 e. The van der Waals surface area contributed by atoms with Gasteiger partial charge in [0, 0.05) is 46.3 Å². The van der Waals surface area contributed by atoms with Crippen molar-refractivity contribution in [3.05, 3.63) is 59.2 Å². The Hall–Kier alpha value is -3.22. The van der Waals surface area contributed by atoms with Gasteiger partial charge in [-0.05, 0) is 35.2 Å². The van der Waals surface area contributed by atoms with Crippen molar-refractivity contribution < 1.29 is 43.5 Å². The third-order valence-corrected chi connectivity index (χ3v) is 7.68. The van der Waals surface area contributed by atoms with Crippen molar-refractivity contribution in [2.75, 3.05) is 65.2 Å². The van der Waals surface area contributed by atoms with Crippen LogP contribution >= 0.6 is 0 Å². The fourth-order valence-corrected chi connectivity index (χ4v) is 5.35. The van der Waals surface area contributed by atoms with Crippen LogP contribution < -0.4 is 9.64 Å². The highest BCUT2D eigenvalue weighted by molar-refractivity contribution is 5.97. The maximum Gasteiger partial charge on any atom is 0.407 e. The average molecular weight is 587 g/mol. The Bertz CT molecular complexity index is 1190. The Kier molecular flexibility index (Phi) is 11.2. The standard InChI is InChI=1S/C31H42N2O9/c1-22(17-39-3)18-40-19-23-5-8-25(9-6-23)31(37)11-13-32(30(35)36)16-28(31)42-20-24-7-10-27-26(15-24)33(12-4-14-38-2)29(34)21-41-27/h5-10,15,22,28,37H,4,11-14,16-21H2,1-3H3,(H,35,36)/t22-,28-,31-/m0/s1. The number of anilines is 1. The predicted molar refractivity (Wildman–Crippen MR) is 155 cm³/mol. The molecule has 11 nitrogen and oxygen atoms in total. The molecule has 2 aliphatic rings. The summed E-state index contributed by atoms with van der Waals surface area (Å²) in [6, 6.07) is 13.0. The van der Waals surface area contributed by atoms with E-state index in [4.69, 9.17) is 23.7 Å². The number of piperidine rings is 1. The van der Waals surface area contributed by atoms with Crippen molar-refractivity contribution in [1.82, 2.24) is 4.90 Å². The molecule has 4 rings (SSSR count). The van der Waals surface area contributed by atoms with E-state index in [1.165, 1.54) is 4.90 Å². The molecule has 0 aliphatic carbocycles. The van der Waals surface area contributed by atoms with Gasteiger partial charge in [0.1, 0.15) is 17.5 Å². The molecule has 2 heterocycles. The van der Waals surface area contributed by atoms with E-state index in [1.54, 1.807) is 25.2 Å². The molecule has 2 aliphatic heterocycles. The highest BCUT2D eigenvalue weighted by Gasteiger charge is 2.45. The normalized spacial score (nSPS) is 21.1. The topological polar surface area (TPSA) is 127 Å². The van der Waals surface area contributed by atoms with Gasteiger partial charge >= 0.3 is 6.09 Å². The zero-order valence-electron chi connectivity index (χ0n) is 24.6. The predicted octanol–water partition coefficient (Wildman–Crippen LogP) is 3.40. The lowest BCUT2D eigenvalue weighted by molar-refractivity contribution is -0.152. The summed E-state index contributed by atoms with van der Waals surface area (Å²) < 4.78 is 28.0. The maximum atomic E-state index is 12.6. The Morgan fingerprint density at radius 1 is 1.10 bits per heavy atom. The largest absolute Gasteiger partial charge is 0.482 e. The molecule has 230 valence electrons. The summed E-state index contributed by atoms with van der Waals surface area (Å²) in [4.78, 5) is 27.3. The van der Waals surface area contributed by atoms with Gasteiger partial charge in [0.15, 0.2) is 6.61 Å². The van der Waals surface area contributed by atoms with Crippen LogP contribution in [0, 0.1) is 5.92 Å². The molecule has 0 saturated carbocycles. The number of carbonyl (C=O) groups is 2. The molecular formula is C31H42N2O9. The number of amides is 2. The maximum absolute atomic E-state index is 12.6. The summed E-state index contributed by atoms with van der Waals surface area (Å²) in [5, 5.41) is 21.5. The summed E-state index contributed by atoms with van der Waals surface area (Å²) in [7, 11) is 3.29. The van der Waals surface area contributed by atoms with Crippen LogP contribution in [0.15, 0.2) is 42.5 Å². The van der Waals surface area contributed by atoms with Gasteiger partial charge in [-0.3, -0.25) is 4.79 Å². The molecule has 1 saturated heterocycles. The van der Waals surface area contributed by atoms with E-state index < -0.39 is 17.8 Å². The number of methoxy groups -OCH3 is 2. The minimum atomic E-state index is -1.39. The zero-order valence-corrected chi connectivity index (χ0v) is 24.6. The summed E-state index contributed by atoms with van der Waals surface area (Å²) in [6.45, 7) is 5.02. The quantitative estimate of drug-likeness (QED) is 0.320. The lowest BCUT2D eigenvalue weighted by atomic mass is 9.81. The van der Waals surface area contributed by atoms with Crippen LogP contribution in [0.25, 0.3) is 0 Å². The average Bonchev–Trinajstić information content (AvgIpc) is 2.98. The summed E-state index contributed by atoms with van der Waals surface area (Å²) >= 11 is 0. The first-order valence-corrected chi connectivity index (χ1v) is 14.3. The molecule has 0 radical (unpaired) electrons. The van der Waals surface area contributed by atoms with E-state index in [0.29, 0.717) is 56.4 Å². The van der Waals surface area contributed by atoms with Crippen LogP contribution in [0.1, 0.15) is 36.5 Å². The van der Waals surface area contributed by atoms with E-state index in [0.717, 1.165) is 11.1 Å². The molecule has 3 atom stereocenters. The third kappa shape index (κ3) is 7.78. The fraction of sp³-hybridized carbons (Fsp3) is 0.548. The Morgan fingerprint density at radius 3 is 2.57 bits per heavy atom. The molecular weight excluding hydrogens is 544 g/mol. The number of benzene rings is 2. The lowest BCUT2D eigenvalue weighted by Gasteiger charge is -2.43. The molecule has 0 bridgehead atoms. The highest BCUT2D eigenvalue weighted by atomic mass is 16.5. The number of rotatable bonds is 14. The molecule has 2 aromatic rings. The highest BCUT2D eigenvalue weighted by Crippen LogP contribution is 2.37. The first-order valence-electron chi connectivity index (χ1n) is 14.3. The molecule has 0 aromatic heterocycles. The van der Waals surface area contributed by atoms with Crippen LogP contribution in [0.5, 0.6) is 5.75 Å². The van der Waals surface area contributed by atoms with Crippen molar-refractivity contribution in [3.63, 3.8) is 0 Å². The Balaban J connectivity index is 1.47. The van der Waals surface area contributed by atoms with Crippen LogP contribution in [0.2, 0.25) is 0 Å². The molecule has 42 heavy (non-hydrogen) atoms. The van der Waals surface area contributed by atoms with Crippen molar-refractivity contribution in [1.29, 1.82) is 0 Å². The van der Waals surface area contributed by atoms with E-state index in [2.05, 4.69) is 6.92 Å². The summed E-state index contributed by atoms with van der Waals surface area (Å²) in [5.74, 6) is 0.766. The number of aliphatic hydroxyl groups is 1. The molecule has 11 heteroatoms. The monoisotopic (exact) mass is 586 g/mol. The molecule has 0 spiro atoms. The Labute approximate surface area is 246 Å². The second-order valence-electron chi connectivity index (χ2n) is 11.0. The number of fused-ring (bicyclic) bond motifs is 1. The van der Waals surface area contributed by atoms with Crippen molar-refractivity contribution in [2.45, 2.75) is 44.7 Å². The first-order chi connectivity index (χ1) is 20.2. The van der Waals surface area contributed by atoms with E-state index in [9.17, 15) is 19.8 Å². The number of likely N-dealkylation sites (tertiary alicyclic amines) is 1. The Morgan fingerprint density at radius 2 is 1.86 bits per heavy atom. The molecule has 2 N–H and O–H groups in total. The number of ether oxygens (including phenoxy) is 5. The third-order valence-electron chi connectivity index (χ3n) is 7.68. The van der Waals surface area contributed by atoms with Gasteiger partial charge in [0.25, 0.3) is 5.91 Å². The van der Waals surface area contributed by atoms with Crippen molar-refractivity contribution >= 4 is 17.7 Å². The van der Waals surface area contributed by atoms with Crippen LogP contribution in [-0.4, -0.2) is 93.5 Å². The van der Waals surface area contributed by atoms with E-state index >= 15 is 0 Å². The fourth-order valence-electron chi connectivity index (χ4n) is 5.35. The van der Waals surface area contributed by atoms with E-state index in [-0.39, 0.29) is 44.5 Å². The second kappa shape index (κ2) is 14.8. The van der Waals surface area contributed by atoms with Gasteiger partial charge < -0.3 is 43.7 Å². The van der Waals surface area contributed by atoms with Gasteiger partial charge in [-0.15, -0.1) is 0 Å². The minimum absolute atomic E-state index is 0.0176. The first kappa shape index (κ1) is 31.7. The lowest BCUT2D eigenvalue weighted by Crippen LogP contribution is -2.55. The number of hydrogen-bond acceptors (Lipinski definition) is 8. The zero-order chi connectivity index (χ0) is 30.1. The number of hydrogen-bond donors (Lipinski definition) is 2. The van der Waals surface area contributed by atoms with Crippen LogP contribution in [0.3, 0.4) is 0 Å².